The molecule has 0 aliphatic carbocycles. The van der Waals surface area contributed by atoms with Crippen molar-refractivity contribution in [2.45, 2.75) is 12.8 Å². The molecule has 1 aromatic carbocycles. The van der Waals surface area contributed by atoms with Gasteiger partial charge in [0.2, 0.25) is 0 Å². The van der Waals surface area contributed by atoms with Gasteiger partial charge in [0.1, 0.15) is 23.9 Å². The predicted molar refractivity (Wildman–Crippen MR) is 89.6 cm³/mol. The van der Waals surface area contributed by atoms with Crippen LogP contribution in [0.2, 0.25) is 0 Å². The molecule has 1 aromatic rings. The van der Waals surface area contributed by atoms with Crippen molar-refractivity contribution < 1.29 is 9.13 Å². The second-order valence-corrected chi connectivity index (χ2v) is 5.91. The van der Waals surface area contributed by atoms with E-state index in [-0.39, 0.29) is 22.7 Å². The van der Waals surface area contributed by atoms with Crippen molar-refractivity contribution in [1.29, 1.82) is 15.8 Å². The van der Waals surface area contributed by atoms with Gasteiger partial charge in [0, 0.05) is 11.8 Å². The van der Waals surface area contributed by atoms with E-state index in [1.165, 1.54) is 18.2 Å². The molecule has 0 radical (unpaired) electrons. The van der Waals surface area contributed by atoms with Gasteiger partial charge in [-0.15, -0.1) is 0 Å². The molecule has 128 valence electrons. The van der Waals surface area contributed by atoms with Crippen LogP contribution in [0.15, 0.2) is 29.5 Å². The summed E-state index contributed by atoms with van der Waals surface area (Å²) in [4.78, 5) is 2.26. The topological polar surface area (TPSA) is 95.9 Å². The molecule has 0 unspecified atom stereocenters. The fourth-order valence-corrected chi connectivity index (χ4v) is 2.56. The van der Waals surface area contributed by atoms with Crippen LogP contribution in [0.1, 0.15) is 12.8 Å². The average molecular weight is 339 g/mol. The number of hydrogen-bond donors (Lipinski definition) is 1. The third-order valence-electron chi connectivity index (χ3n) is 4.10. The Morgan fingerprint density at radius 2 is 1.92 bits per heavy atom. The molecule has 0 atom stereocenters. The number of piperidine rings is 1. The fourth-order valence-electron chi connectivity index (χ4n) is 2.56. The minimum absolute atomic E-state index is 0.146. The number of rotatable bonds is 5. The lowest BCUT2D eigenvalue weighted by Crippen LogP contribution is -2.32. The highest BCUT2D eigenvalue weighted by Crippen LogP contribution is 2.24. The summed E-state index contributed by atoms with van der Waals surface area (Å²) in [6.45, 7) is 2.50. The largest absolute Gasteiger partial charge is 0.490 e. The maximum Gasteiger partial charge on any atom is 0.167 e. The summed E-state index contributed by atoms with van der Waals surface area (Å²) in [7, 11) is 2.08. The Hall–Kier alpha value is -3.08. The zero-order chi connectivity index (χ0) is 18.2. The monoisotopic (exact) mass is 339 g/mol. The van der Waals surface area contributed by atoms with E-state index in [0.29, 0.717) is 12.5 Å². The van der Waals surface area contributed by atoms with E-state index in [4.69, 9.17) is 20.5 Å². The number of nitrogens with zero attached hydrogens (tertiary/aromatic N) is 4. The molecule has 1 heterocycles. The van der Waals surface area contributed by atoms with E-state index in [2.05, 4.69) is 17.3 Å². The highest BCUT2D eigenvalue weighted by molar-refractivity contribution is 5.59. The minimum atomic E-state index is -0.564. The van der Waals surface area contributed by atoms with E-state index in [1.807, 2.05) is 0 Å². The van der Waals surface area contributed by atoms with Crippen LogP contribution in [0.4, 0.5) is 10.1 Å². The summed E-state index contributed by atoms with van der Waals surface area (Å²) < 4.78 is 19.8. The van der Waals surface area contributed by atoms with Gasteiger partial charge >= 0.3 is 0 Å². The van der Waals surface area contributed by atoms with E-state index >= 15 is 0 Å². The van der Waals surface area contributed by atoms with Crippen LogP contribution in [0.25, 0.3) is 0 Å². The van der Waals surface area contributed by atoms with Crippen molar-refractivity contribution in [2.24, 2.45) is 5.92 Å². The Morgan fingerprint density at radius 3 is 2.48 bits per heavy atom. The molecule has 7 heteroatoms. The molecular formula is C18H18FN5O. The molecule has 25 heavy (non-hydrogen) atoms. The van der Waals surface area contributed by atoms with Crippen molar-refractivity contribution >= 4 is 5.69 Å². The van der Waals surface area contributed by atoms with Gasteiger partial charge in [0.25, 0.3) is 0 Å². The molecule has 1 saturated heterocycles. The number of allylic oxidation sites excluding steroid dienone is 2. The van der Waals surface area contributed by atoms with Crippen LogP contribution in [0.3, 0.4) is 0 Å². The van der Waals surface area contributed by atoms with Gasteiger partial charge in [-0.1, -0.05) is 0 Å². The molecule has 0 saturated carbocycles. The number of halogens is 1. The minimum Gasteiger partial charge on any atom is -0.490 e. The van der Waals surface area contributed by atoms with Crippen molar-refractivity contribution in [3.05, 3.63) is 35.3 Å². The smallest absolute Gasteiger partial charge is 0.167 e. The standard InChI is InChI=1S/C18H18FN5O/c1-24-6-4-13(5-7-24)12-25-18-3-2-15(8-16(18)19)23-17(11-22)14(9-20)10-21/h2-3,8,13,23H,4-7,12H2,1H3. The Bertz CT molecular complexity index is 760. The van der Waals surface area contributed by atoms with Crippen LogP contribution in [-0.2, 0) is 0 Å². The third-order valence-corrected chi connectivity index (χ3v) is 4.10. The normalized spacial score (nSPS) is 14.7. The van der Waals surface area contributed by atoms with Crippen molar-refractivity contribution in [3.63, 3.8) is 0 Å². The van der Waals surface area contributed by atoms with E-state index in [9.17, 15) is 4.39 Å². The maximum absolute atomic E-state index is 14.2. The van der Waals surface area contributed by atoms with Crippen molar-refractivity contribution in [1.82, 2.24) is 4.90 Å². The van der Waals surface area contributed by atoms with Gasteiger partial charge in [-0.25, -0.2) is 4.39 Å². The SMILES string of the molecule is CN1CCC(COc2ccc(NC(C#N)=C(C#N)C#N)cc2F)CC1. The zero-order valence-electron chi connectivity index (χ0n) is 13.9. The van der Waals surface area contributed by atoms with E-state index in [0.717, 1.165) is 25.9 Å². The summed E-state index contributed by atoms with van der Waals surface area (Å²) in [5, 5.41) is 29.2. The summed E-state index contributed by atoms with van der Waals surface area (Å²) in [6, 6.07) is 9.15. The van der Waals surface area contributed by atoms with Gasteiger partial charge in [0.15, 0.2) is 17.1 Å². The highest BCUT2D eigenvalue weighted by atomic mass is 19.1. The first-order valence-corrected chi connectivity index (χ1v) is 7.90. The molecule has 1 aliphatic rings. The highest BCUT2D eigenvalue weighted by Gasteiger charge is 2.18. The van der Waals surface area contributed by atoms with Gasteiger partial charge in [-0.3, -0.25) is 0 Å². The molecular weight excluding hydrogens is 321 g/mol. The number of nitrogens with one attached hydrogen (secondary N) is 1. The molecule has 6 nitrogen and oxygen atoms in total. The molecule has 1 N–H and O–H groups in total. The summed E-state index contributed by atoms with van der Waals surface area (Å²) in [5.74, 6) is -0.00576. The van der Waals surface area contributed by atoms with Gasteiger partial charge in [-0.05, 0) is 51.0 Å². The Morgan fingerprint density at radius 1 is 1.24 bits per heavy atom. The number of hydrogen-bond acceptors (Lipinski definition) is 6. The first-order chi connectivity index (χ1) is 12.1. The lowest BCUT2D eigenvalue weighted by atomic mass is 9.98. The number of benzene rings is 1. The predicted octanol–water partition coefficient (Wildman–Crippen LogP) is 2.78. The fraction of sp³-hybridized carbons (Fsp3) is 0.389. The Kier molecular flexibility index (Phi) is 6.34. The maximum atomic E-state index is 14.2. The van der Waals surface area contributed by atoms with Crippen molar-refractivity contribution in [3.8, 4) is 24.0 Å². The molecule has 2 rings (SSSR count). The van der Waals surface area contributed by atoms with Crippen LogP contribution in [0, 0.1) is 45.7 Å². The molecule has 0 spiro atoms. The summed E-state index contributed by atoms with van der Waals surface area (Å²) in [6.07, 6.45) is 2.05. The summed E-state index contributed by atoms with van der Waals surface area (Å²) in [5.41, 5.74) is -0.307. The lowest BCUT2D eigenvalue weighted by Gasteiger charge is -2.28. The molecule has 1 fully saturated rings. The van der Waals surface area contributed by atoms with E-state index < -0.39 is 5.82 Å². The van der Waals surface area contributed by atoms with Crippen LogP contribution >= 0.6 is 0 Å². The molecule has 1 aliphatic heterocycles. The molecule has 0 bridgehead atoms. The van der Waals surface area contributed by atoms with Crippen LogP contribution in [0.5, 0.6) is 5.75 Å². The number of ether oxygens (including phenoxy) is 1. The van der Waals surface area contributed by atoms with Crippen LogP contribution in [-0.4, -0.2) is 31.6 Å². The lowest BCUT2D eigenvalue weighted by molar-refractivity contribution is 0.157. The number of nitriles is 3. The van der Waals surface area contributed by atoms with Gasteiger partial charge in [-0.2, -0.15) is 15.8 Å². The Balaban J connectivity index is 2.01. The van der Waals surface area contributed by atoms with E-state index in [1.54, 1.807) is 18.2 Å². The first kappa shape index (κ1) is 18.3. The Labute approximate surface area is 146 Å². The zero-order valence-corrected chi connectivity index (χ0v) is 13.9. The summed E-state index contributed by atoms with van der Waals surface area (Å²) >= 11 is 0. The number of likely N-dealkylation sites (tertiary alicyclic amines) is 1. The molecule has 0 aromatic heterocycles. The van der Waals surface area contributed by atoms with Gasteiger partial charge in [0.05, 0.1) is 6.61 Å². The molecule has 0 amide bonds. The second-order valence-electron chi connectivity index (χ2n) is 5.91. The third kappa shape index (κ3) is 4.94. The first-order valence-electron chi connectivity index (χ1n) is 7.90. The number of anilines is 1. The second kappa shape index (κ2) is 8.68. The van der Waals surface area contributed by atoms with Crippen molar-refractivity contribution in [2.75, 3.05) is 32.1 Å². The average Bonchev–Trinajstić information content (AvgIpc) is 2.62. The van der Waals surface area contributed by atoms with Gasteiger partial charge < -0.3 is 15.0 Å². The quantitative estimate of drug-likeness (QED) is 0.829. The van der Waals surface area contributed by atoms with Crippen LogP contribution < -0.4 is 10.1 Å².